The van der Waals surface area contributed by atoms with Crippen molar-refractivity contribution < 1.29 is 17.6 Å². The minimum absolute atomic E-state index is 0.00873. The van der Waals surface area contributed by atoms with Gasteiger partial charge in [-0.1, -0.05) is 126 Å². The van der Waals surface area contributed by atoms with Crippen molar-refractivity contribution in [3.63, 3.8) is 0 Å². The molecule has 0 saturated heterocycles. The molecule has 3 aromatic heterocycles. The van der Waals surface area contributed by atoms with Gasteiger partial charge in [-0.25, -0.2) is 15.0 Å². The number of benzene rings is 4. The third kappa shape index (κ3) is 5.84. The Kier molecular flexibility index (Phi) is 8.40. The Labute approximate surface area is 318 Å². The van der Waals surface area contributed by atoms with Crippen molar-refractivity contribution in [3.8, 4) is 45.4 Å². The predicted octanol–water partition coefficient (Wildman–Crippen LogP) is 12.7. The molecule has 7 aromatic rings. The van der Waals surface area contributed by atoms with E-state index in [1.165, 1.54) is 17.3 Å². The van der Waals surface area contributed by atoms with E-state index in [2.05, 4.69) is 58.7 Å². The van der Waals surface area contributed by atoms with Crippen molar-refractivity contribution in [1.82, 2.24) is 19.9 Å². The molecule has 0 radical (unpaired) electrons. The van der Waals surface area contributed by atoms with E-state index in [4.69, 9.17) is 24.4 Å². The fourth-order valence-electron chi connectivity index (χ4n) is 7.98. The summed E-state index contributed by atoms with van der Waals surface area (Å²) in [6.07, 6.45) is 0.370. The van der Waals surface area contributed by atoms with E-state index in [0.29, 0.717) is 45.2 Å². The maximum Gasteiger partial charge on any atom is 0.426 e. The van der Waals surface area contributed by atoms with Crippen molar-refractivity contribution in [2.75, 3.05) is 0 Å². The average molecular weight is 736 g/mol. The van der Waals surface area contributed by atoms with Gasteiger partial charge in [-0.15, -0.1) is 0 Å². The number of hydrogen-bond acceptors (Lipinski definition) is 6. The molecule has 4 aromatic carbocycles. The van der Waals surface area contributed by atoms with Crippen molar-refractivity contribution in [2.45, 2.75) is 65.5 Å². The first-order chi connectivity index (χ1) is 26.1. The molecule has 6 nitrogen and oxygen atoms in total. The fourth-order valence-corrected chi connectivity index (χ4v) is 7.98. The van der Waals surface area contributed by atoms with Gasteiger partial charge in [-0.2, -0.15) is 13.2 Å². The maximum atomic E-state index is 14.0. The largest absolute Gasteiger partial charge is 0.455 e. The lowest BCUT2D eigenvalue weighted by Crippen LogP contribution is -2.42. The van der Waals surface area contributed by atoms with Gasteiger partial charge in [0.1, 0.15) is 17.4 Å². The summed E-state index contributed by atoms with van der Waals surface area (Å²) in [5.74, 6) is 0.749. The highest BCUT2D eigenvalue weighted by Crippen LogP contribution is 2.62. The molecule has 55 heavy (non-hydrogen) atoms. The summed E-state index contributed by atoms with van der Waals surface area (Å²) < 4.78 is 48.3. The molecule has 1 aliphatic carbocycles. The second kappa shape index (κ2) is 12.8. The van der Waals surface area contributed by atoms with Crippen LogP contribution in [0.25, 0.3) is 73.4 Å². The van der Waals surface area contributed by atoms with Crippen LogP contribution in [0.4, 0.5) is 18.9 Å². The Morgan fingerprint density at radius 1 is 0.673 bits per heavy atom. The highest BCUT2D eigenvalue weighted by Gasteiger charge is 2.56. The van der Waals surface area contributed by atoms with Gasteiger partial charge in [-0.3, -0.25) is 9.98 Å². The topological polar surface area (TPSA) is 77.1 Å². The van der Waals surface area contributed by atoms with Crippen LogP contribution in [-0.2, 0) is 10.8 Å². The summed E-state index contributed by atoms with van der Waals surface area (Å²) in [7, 11) is 0. The minimum atomic E-state index is -4.68. The van der Waals surface area contributed by atoms with Gasteiger partial charge in [0.25, 0.3) is 0 Å². The van der Waals surface area contributed by atoms with E-state index in [-0.39, 0.29) is 39.5 Å². The Morgan fingerprint density at radius 3 is 2.05 bits per heavy atom. The number of halogens is 3. The summed E-state index contributed by atoms with van der Waals surface area (Å²) in [6, 6.07) is 29.2. The van der Waals surface area contributed by atoms with Gasteiger partial charge in [0.15, 0.2) is 17.5 Å². The van der Waals surface area contributed by atoms with Gasteiger partial charge >= 0.3 is 6.18 Å². The molecular weight excluding hydrogens is 696 g/mol. The Morgan fingerprint density at radius 2 is 1.33 bits per heavy atom. The smallest absolute Gasteiger partial charge is 0.426 e. The third-order valence-electron chi connectivity index (χ3n) is 12.1. The number of furan rings is 1. The Bertz CT molecular complexity index is 2690. The fraction of sp³-hybridized carbons (Fsp3) is 0.239. The highest BCUT2D eigenvalue weighted by atomic mass is 19.4. The lowest BCUT2D eigenvalue weighted by molar-refractivity contribution is -0.0535. The number of nitrogens with zero attached hydrogens (tertiary/aromatic N) is 5. The zero-order valence-electron chi connectivity index (χ0n) is 31.7. The number of aromatic nitrogens is 4. The van der Waals surface area contributed by atoms with Gasteiger partial charge in [-0.05, 0) is 52.5 Å². The summed E-state index contributed by atoms with van der Waals surface area (Å²) in [4.78, 5) is 23.8. The number of allylic oxidation sites excluding steroid dienone is 1. The molecular formula is C46H40F3N5O. The van der Waals surface area contributed by atoms with Gasteiger partial charge in [0.2, 0.25) is 0 Å². The van der Waals surface area contributed by atoms with Crippen LogP contribution < -0.4 is 0 Å². The Hall–Kier alpha value is -5.96. The molecule has 0 saturated carbocycles. The van der Waals surface area contributed by atoms with E-state index in [1.54, 1.807) is 12.2 Å². The molecule has 0 amide bonds. The van der Waals surface area contributed by atoms with Crippen molar-refractivity contribution in [3.05, 3.63) is 120 Å². The van der Waals surface area contributed by atoms with E-state index >= 15 is 0 Å². The number of aliphatic imine (C=N–C) groups is 1. The summed E-state index contributed by atoms with van der Waals surface area (Å²) >= 11 is 0. The van der Waals surface area contributed by atoms with Gasteiger partial charge < -0.3 is 4.42 Å². The van der Waals surface area contributed by atoms with Crippen LogP contribution in [0.15, 0.2) is 113 Å². The van der Waals surface area contributed by atoms with Gasteiger partial charge in [0.05, 0.1) is 22.5 Å². The first-order valence-electron chi connectivity index (χ1n) is 18.3. The maximum absolute atomic E-state index is 14.0. The molecule has 0 atom stereocenters. The second-order valence-corrected chi connectivity index (χ2v) is 15.7. The van der Waals surface area contributed by atoms with Gasteiger partial charge in [0, 0.05) is 33.7 Å². The first-order valence-corrected chi connectivity index (χ1v) is 18.3. The standard InChI is InChI=1S/C46H40F3N5O/c1-8-15-31-37(28-22-23-34-35(24-28)44(4,5)45(6,7)43(34,2)3)50-25-33(38(31)51-26-46(47,48)49)42-53-40(27-16-10-9-11-17-27)52-41(54-42)32-20-14-19-30-29-18-12-13-21-36(29)55-39(30)32/h8-26H,1-7H3/b15-8-,51-26+. The molecule has 3 heterocycles. The summed E-state index contributed by atoms with van der Waals surface area (Å²) in [5, 5.41) is 1.83. The van der Waals surface area contributed by atoms with Crippen molar-refractivity contribution >= 4 is 39.9 Å². The Balaban J connectivity index is 1.39. The van der Waals surface area contributed by atoms with Crippen LogP contribution in [0.2, 0.25) is 0 Å². The van der Waals surface area contributed by atoms with Crippen LogP contribution in [0.5, 0.6) is 0 Å². The molecule has 0 unspecified atom stereocenters. The molecule has 8 rings (SSSR count). The number of para-hydroxylation sites is 2. The number of fused-ring (bicyclic) bond motifs is 4. The minimum Gasteiger partial charge on any atom is -0.455 e. The number of alkyl halides is 3. The average Bonchev–Trinajstić information content (AvgIpc) is 3.59. The predicted molar refractivity (Wildman–Crippen MR) is 215 cm³/mol. The molecule has 276 valence electrons. The molecule has 1 aliphatic rings. The quantitative estimate of drug-likeness (QED) is 0.159. The summed E-state index contributed by atoms with van der Waals surface area (Å²) in [6.45, 7) is 15.4. The van der Waals surface area contributed by atoms with Crippen LogP contribution in [0.1, 0.15) is 65.2 Å². The number of rotatable bonds is 6. The van der Waals surface area contributed by atoms with Crippen LogP contribution in [-0.4, -0.2) is 32.3 Å². The molecule has 0 N–H and O–H groups in total. The molecule has 9 heteroatoms. The van der Waals surface area contributed by atoms with E-state index in [0.717, 1.165) is 16.3 Å². The third-order valence-corrected chi connectivity index (χ3v) is 12.1. The monoisotopic (exact) mass is 735 g/mol. The molecule has 0 spiro atoms. The summed E-state index contributed by atoms with van der Waals surface area (Å²) in [5.41, 5.74) is 6.61. The zero-order valence-corrected chi connectivity index (χ0v) is 31.7. The molecule has 0 aliphatic heterocycles. The highest BCUT2D eigenvalue weighted by molar-refractivity contribution is 6.09. The zero-order chi connectivity index (χ0) is 38.9. The second-order valence-electron chi connectivity index (χ2n) is 15.7. The SMILES string of the molecule is C/C=C\c1c(-c2ccc3c(c2)C(C)(C)C(C)(C)C3(C)C)ncc(-c2nc(-c3ccccc3)nc(-c3cccc4c3oc3ccccc34)n2)c1/N=C/C(F)(F)F. The number of pyridine rings is 1. The normalized spacial score (nSPS) is 16.1. The van der Waals surface area contributed by atoms with E-state index in [9.17, 15) is 13.2 Å². The lowest BCUT2D eigenvalue weighted by Gasteiger charge is -2.44. The molecule has 0 fully saturated rings. The van der Waals surface area contributed by atoms with Crippen LogP contribution in [0.3, 0.4) is 0 Å². The van der Waals surface area contributed by atoms with E-state index < -0.39 is 6.18 Å². The van der Waals surface area contributed by atoms with Crippen LogP contribution in [0, 0.1) is 5.41 Å². The van der Waals surface area contributed by atoms with E-state index in [1.807, 2.05) is 85.8 Å². The van der Waals surface area contributed by atoms with Crippen molar-refractivity contribution in [1.29, 1.82) is 0 Å². The number of hydrogen-bond donors (Lipinski definition) is 0. The molecule has 0 bridgehead atoms. The first kappa shape index (κ1) is 36.0. The van der Waals surface area contributed by atoms with Crippen molar-refractivity contribution in [2.24, 2.45) is 10.4 Å². The lowest BCUT2D eigenvalue weighted by atomic mass is 9.59. The van der Waals surface area contributed by atoms with Crippen LogP contribution >= 0.6 is 0 Å².